The predicted molar refractivity (Wildman–Crippen MR) is 75.0 cm³/mol. The monoisotopic (exact) mass is 327 g/mol. The van der Waals surface area contributed by atoms with E-state index < -0.39 is 12.3 Å². The van der Waals surface area contributed by atoms with Crippen molar-refractivity contribution in [2.75, 3.05) is 5.32 Å². The summed E-state index contributed by atoms with van der Waals surface area (Å²) < 4.78 is 40.7. The number of ether oxygens (including phenoxy) is 1. The van der Waals surface area contributed by atoms with Gasteiger partial charge < -0.3 is 15.0 Å². The summed E-state index contributed by atoms with van der Waals surface area (Å²) >= 11 is 1.39. The topological polar surface area (TPSA) is 67.0 Å². The Morgan fingerprint density at radius 3 is 2.64 bits per heavy atom. The van der Waals surface area contributed by atoms with Gasteiger partial charge in [-0.2, -0.15) is 0 Å². The lowest BCUT2D eigenvalue weighted by Gasteiger charge is -2.09. The normalized spacial score (nSPS) is 11.6. The molecule has 0 fully saturated rings. The lowest BCUT2D eigenvalue weighted by Crippen LogP contribution is -2.17. The summed E-state index contributed by atoms with van der Waals surface area (Å²) in [6, 6.07) is 6.55. The Labute approximate surface area is 125 Å². The minimum atomic E-state index is -4.74. The Morgan fingerprint density at radius 1 is 1.27 bits per heavy atom. The molecule has 2 N–H and O–H groups in total. The molecule has 2 heterocycles. The molecule has 114 valence electrons. The number of rotatable bonds is 3. The number of H-pyrrole nitrogens is 1. The van der Waals surface area contributed by atoms with Crippen LogP contribution < -0.4 is 10.1 Å². The van der Waals surface area contributed by atoms with Gasteiger partial charge in [-0.3, -0.25) is 4.79 Å². The number of benzene rings is 1. The van der Waals surface area contributed by atoms with Gasteiger partial charge in [-0.1, -0.05) is 0 Å². The summed E-state index contributed by atoms with van der Waals surface area (Å²) in [5.41, 5.74) is 2.95. The van der Waals surface area contributed by atoms with Crippen LogP contribution in [0.1, 0.15) is 10.5 Å². The largest absolute Gasteiger partial charge is 0.573 e. The first-order valence-corrected chi connectivity index (χ1v) is 6.88. The molecule has 9 heteroatoms. The summed E-state index contributed by atoms with van der Waals surface area (Å²) in [5.74, 6) is -0.759. The van der Waals surface area contributed by atoms with Crippen molar-refractivity contribution >= 4 is 33.3 Å². The molecule has 0 unspecified atom stereocenters. The Morgan fingerprint density at radius 2 is 2.00 bits per heavy atom. The van der Waals surface area contributed by atoms with Crippen molar-refractivity contribution in [3.63, 3.8) is 0 Å². The van der Waals surface area contributed by atoms with Gasteiger partial charge in [0.25, 0.3) is 5.91 Å². The van der Waals surface area contributed by atoms with E-state index in [9.17, 15) is 18.0 Å². The second-order valence-corrected chi connectivity index (χ2v) is 5.16. The van der Waals surface area contributed by atoms with E-state index in [0.717, 1.165) is 16.8 Å². The number of carbonyl (C=O) groups excluding carboxylic acids is 1. The van der Waals surface area contributed by atoms with Gasteiger partial charge in [-0.15, -0.1) is 24.5 Å². The Balaban J connectivity index is 1.70. The first-order chi connectivity index (χ1) is 10.4. The SMILES string of the molecule is O=C(Nc1ccc(OC(F)(F)F)cc1)c1cc2scnc2[nH]1. The molecule has 2 aromatic heterocycles. The second kappa shape index (κ2) is 5.34. The summed E-state index contributed by atoms with van der Waals surface area (Å²) in [7, 11) is 0. The quantitative estimate of drug-likeness (QED) is 0.769. The molecule has 0 aliphatic rings. The summed E-state index contributed by atoms with van der Waals surface area (Å²) in [6.07, 6.45) is -4.74. The van der Waals surface area contributed by atoms with Crippen molar-refractivity contribution in [1.29, 1.82) is 0 Å². The highest BCUT2D eigenvalue weighted by Gasteiger charge is 2.30. The number of halogens is 3. The summed E-state index contributed by atoms with van der Waals surface area (Å²) in [6.45, 7) is 0. The zero-order valence-electron chi connectivity index (χ0n) is 10.8. The van der Waals surface area contributed by atoms with Gasteiger partial charge in [0.05, 0.1) is 10.2 Å². The molecule has 3 rings (SSSR count). The highest BCUT2D eigenvalue weighted by Crippen LogP contribution is 2.24. The van der Waals surface area contributed by atoms with Crippen LogP contribution in [0.15, 0.2) is 35.8 Å². The van der Waals surface area contributed by atoms with E-state index in [1.165, 1.54) is 23.5 Å². The highest BCUT2D eigenvalue weighted by atomic mass is 32.1. The van der Waals surface area contributed by atoms with Crippen LogP contribution in [0.2, 0.25) is 0 Å². The van der Waals surface area contributed by atoms with Crippen molar-refractivity contribution < 1.29 is 22.7 Å². The van der Waals surface area contributed by atoms with Gasteiger partial charge in [-0.25, -0.2) is 4.98 Å². The third-order valence-electron chi connectivity index (χ3n) is 2.71. The summed E-state index contributed by atoms with van der Waals surface area (Å²) in [5, 5.41) is 2.57. The van der Waals surface area contributed by atoms with Crippen LogP contribution >= 0.6 is 11.3 Å². The van der Waals surface area contributed by atoms with Gasteiger partial charge in [0.2, 0.25) is 0 Å². The van der Waals surface area contributed by atoms with Gasteiger partial charge in [0, 0.05) is 5.69 Å². The van der Waals surface area contributed by atoms with Crippen molar-refractivity contribution in [2.24, 2.45) is 0 Å². The number of hydrogen-bond acceptors (Lipinski definition) is 4. The Kier molecular flexibility index (Phi) is 3.49. The number of alkyl halides is 3. The fourth-order valence-corrected chi connectivity index (χ4v) is 2.48. The molecular formula is C13H8F3N3O2S. The molecule has 5 nitrogen and oxygen atoms in total. The van der Waals surface area contributed by atoms with Crippen molar-refractivity contribution in [2.45, 2.75) is 6.36 Å². The maximum Gasteiger partial charge on any atom is 0.573 e. The van der Waals surface area contributed by atoms with Crippen LogP contribution in [0.3, 0.4) is 0 Å². The molecule has 0 atom stereocenters. The standard InChI is InChI=1S/C13H8F3N3O2S/c14-13(15,16)21-8-3-1-7(2-4-8)18-12(20)9-5-10-11(19-9)17-6-22-10/h1-6,19H,(H,18,20). The number of aromatic amines is 1. The van der Waals surface area contributed by atoms with E-state index in [1.54, 1.807) is 11.6 Å². The fraction of sp³-hybridized carbons (Fsp3) is 0.0769. The number of hydrogen-bond donors (Lipinski definition) is 2. The maximum absolute atomic E-state index is 12.0. The molecule has 1 aromatic carbocycles. The van der Waals surface area contributed by atoms with Gasteiger partial charge in [-0.05, 0) is 30.3 Å². The van der Waals surface area contributed by atoms with Crippen LogP contribution in [0, 0.1) is 0 Å². The lowest BCUT2D eigenvalue weighted by atomic mass is 10.3. The third-order valence-corrected chi connectivity index (χ3v) is 3.49. The molecule has 0 bridgehead atoms. The van der Waals surface area contributed by atoms with E-state index in [1.807, 2.05) is 0 Å². The number of fused-ring (bicyclic) bond motifs is 1. The van der Waals surface area contributed by atoms with Crippen molar-refractivity contribution in [1.82, 2.24) is 9.97 Å². The second-order valence-electron chi connectivity index (χ2n) is 4.27. The molecule has 0 radical (unpaired) electrons. The van der Waals surface area contributed by atoms with Crippen molar-refractivity contribution in [3.05, 3.63) is 41.5 Å². The summed E-state index contributed by atoms with van der Waals surface area (Å²) in [4.78, 5) is 18.9. The zero-order valence-corrected chi connectivity index (χ0v) is 11.6. The van der Waals surface area contributed by atoms with Crippen molar-refractivity contribution in [3.8, 4) is 5.75 Å². The van der Waals surface area contributed by atoms with Crippen LogP contribution in [-0.4, -0.2) is 22.2 Å². The van der Waals surface area contributed by atoms with E-state index in [-0.39, 0.29) is 5.75 Å². The molecule has 0 aliphatic carbocycles. The van der Waals surface area contributed by atoms with E-state index in [4.69, 9.17) is 0 Å². The first-order valence-electron chi connectivity index (χ1n) is 6.00. The smallest absolute Gasteiger partial charge is 0.406 e. The Bertz CT molecular complexity index is 779. The molecule has 22 heavy (non-hydrogen) atoms. The number of nitrogens with zero attached hydrogens (tertiary/aromatic N) is 1. The highest BCUT2D eigenvalue weighted by molar-refractivity contribution is 7.16. The minimum Gasteiger partial charge on any atom is -0.406 e. The molecule has 0 saturated heterocycles. The fourth-order valence-electron chi connectivity index (χ4n) is 1.81. The minimum absolute atomic E-state index is 0.324. The molecular weight excluding hydrogens is 319 g/mol. The average molecular weight is 327 g/mol. The van der Waals surface area contributed by atoms with Gasteiger partial charge >= 0.3 is 6.36 Å². The maximum atomic E-state index is 12.0. The van der Waals surface area contributed by atoms with Crippen LogP contribution in [0.25, 0.3) is 10.3 Å². The van der Waals surface area contributed by atoms with E-state index in [0.29, 0.717) is 17.0 Å². The predicted octanol–water partition coefficient (Wildman–Crippen LogP) is 3.78. The number of nitrogens with one attached hydrogen (secondary N) is 2. The van der Waals surface area contributed by atoms with Gasteiger partial charge in [0.1, 0.15) is 17.1 Å². The number of aromatic nitrogens is 2. The van der Waals surface area contributed by atoms with E-state index in [2.05, 4.69) is 20.0 Å². The Hall–Kier alpha value is -2.55. The number of anilines is 1. The molecule has 3 aromatic rings. The number of amides is 1. The molecule has 0 spiro atoms. The van der Waals surface area contributed by atoms with Crippen LogP contribution in [0.4, 0.5) is 18.9 Å². The lowest BCUT2D eigenvalue weighted by molar-refractivity contribution is -0.274. The average Bonchev–Trinajstić information content (AvgIpc) is 3.00. The number of carbonyl (C=O) groups is 1. The zero-order chi connectivity index (χ0) is 15.7. The molecule has 0 saturated carbocycles. The first kappa shape index (κ1) is 14.4. The number of thiazole rings is 1. The third kappa shape index (κ3) is 3.19. The molecule has 1 amide bonds. The molecule has 0 aliphatic heterocycles. The van der Waals surface area contributed by atoms with Gasteiger partial charge in [0.15, 0.2) is 0 Å². The van der Waals surface area contributed by atoms with E-state index >= 15 is 0 Å². The van der Waals surface area contributed by atoms with Crippen LogP contribution in [0.5, 0.6) is 5.75 Å². The van der Waals surface area contributed by atoms with Crippen LogP contribution in [-0.2, 0) is 0 Å².